The van der Waals surface area contributed by atoms with Gasteiger partial charge in [0.15, 0.2) is 5.96 Å². The average molecular weight is 488 g/mol. The van der Waals surface area contributed by atoms with Gasteiger partial charge in [-0.05, 0) is 18.9 Å². The Bertz CT molecular complexity index is 583. The van der Waals surface area contributed by atoms with E-state index in [1.807, 2.05) is 37.4 Å². The van der Waals surface area contributed by atoms with E-state index in [9.17, 15) is 4.79 Å². The molecule has 1 aromatic carbocycles. The number of halogens is 1. The van der Waals surface area contributed by atoms with Gasteiger partial charge in [0.25, 0.3) is 0 Å². The highest BCUT2D eigenvalue weighted by Crippen LogP contribution is 2.16. The zero-order valence-corrected chi connectivity index (χ0v) is 19.0. The number of amides is 1. The van der Waals surface area contributed by atoms with Gasteiger partial charge in [0.05, 0.1) is 13.2 Å². The average Bonchev–Trinajstić information content (AvgIpc) is 3.10. The summed E-state index contributed by atoms with van der Waals surface area (Å²) in [4.78, 5) is 21.0. The standard InChI is InChI=1S/C20H32N4O2.HI/c1-4-21-20(24-13-11-18(15-24)16-26-3)22-12-10-19(25)23(2)14-17-8-6-5-7-9-17;/h5-9,18H,4,10-16H2,1-3H3,(H,21,22);1H. The van der Waals surface area contributed by atoms with E-state index >= 15 is 0 Å². The summed E-state index contributed by atoms with van der Waals surface area (Å²) in [5, 5.41) is 3.34. The van der Waals surface area contributed by atoms with E-state index in [1.54, 1.807) is 12.0 Å². The van der Waals surface area contributed by atoms with Crippen molar-refractivity contribution in [1.82, 2.24) is 15.1 Å². The lowest BCUT2D eigenvalue weighted by Crippen LogP contribution is -2.40. The monoisotopic (exact) mass is 488 g/mol. The molecule has 152 valence electrons. The van der Waals surface area contributed by atoms with Crippen molar-refractivity contribution in [3.05, 3.63) is 35.9 Å². The van der Waals surface area contributed by atoms with Crippen LogP contribution in [0.25, 0.3) is 0 Å². The fourth-order valence-electron chi connectivity index (χ4n) is 3.22. The number of nitrogens with one attached hydrogen (secondary N) is 1. The van der Waals surface area contributed by atoms with Gasteiger partial charge in [-0.25, -0.2) is 0 Å². The summed E-state index contributed by atoms with van der Waals surface area (Å²) >= 11 is 0. The third-order valence-electron chi connectivity index (χ3n) is 4.60. The summed E-state index contributed by atoms with van der Waals surface area (Å²) in [6.45, 7) is 6.77. The minimum Gasteiger partial charge on any atom is -0.384 e. The van der Waals surface area contributed by atoms with E-state index in [4.69, 9.17) is 4.74 Å². The summed E-state index contributed by atoms with van der Waals surface area (Å²) in [6, 6.07) is 10.0. The molecule has 1 heterocycles. The number of carbonyl (C=O) groups excluding carboxylic acids is 1. The number of methoxy groups -OCH3 is 1. The molecule has 0 saturated carbocycles. The maximum atomic E-state index is 12.4. The first-order chi connectivity index (χ1) is 12.6. The van der Waals surface area contributed by atoms with Crippen LogP contribution in [-0.2, 0) is 16.1 Å². The Balaban J connectivity index is 0.00000364. The smallest absolute Gasteiger partial charge is 0.224 e. The summed E-state index contributed by atoms with van der Waals surface area (Å²) in [6.07, 6.45) is 1.55. The van der Waals surface area contributed by atoms with Crippen LogP contribution in [0.2, 0.25) is 0 Å². The predicted octanol–water partition coefficient (Wildman–Crippen LogP) is 2.59. The zero-order chi connectivity index (χ0) is 18.8. The van der Waals surface area contributed by atoms with Crippen molar-refractivity contribution in [2.75, 3.05) is 46.9 Å². The van der Waals surface area contributed by atoms with Crippen LogP contribution in [-0.4, -0.2) is 68.6 Å². The fourth-order valence-corrected chi connectivity index (χ4v) is 3.22. The first kappa shape index (κ1) is 23.7. The van der Waals surface area contributed by atoms with Gasteiger partial charge in [-0.15, -0.1) is 24.0 Å². The number of rotatable bonds is 8. The van der Waals surface area contributed by atoms with Crippen LogP contribution >= 0.6 is 24.0 Å². The van der Waals surface area contributed by atoms with E-state index in [0.29, 0.717) is 25.4 Å². The summed E-state index contributed by atoms with van der Waals surface area (Å²) in [7, 11) is 3.60. The highest BCUT2D eigenvalue weighted by molar-refractivity contribution is 14.0. The lowest BCUT2D eigenvalue weighted by atomic mass is 10.1. The quantitative estimate of drug-likeness (QED) is 0.347. The maximum absolute atomic E-state index is 12.4. The van der Waals surface area contributed by atoms with Crippen LogP contribution in [0.3, 0.4) is 0 Å². The number of benzene rings is 1. The van der Waals surface area contributed by atoms with Gasteiger partial charge in [-0.3, -0.25) is 9.79 Å². The van der Waals surface area contributed by atoms with Crippen molar-refractivity contribution in [3.8, 4) is 0 Å². The fraction of sp³-hybridized carbons (Fsp3) is 0.600. The van der Waals surface area contributed by atoms with E-state index in [2.05, 4.69) is 22.1 Å². The molecule has 0 spiro atoms. The second kappa shape index (κ2) is 12.9. The molecule has 1 N–H and O–H groups in total. The Morgan fingerprint density at radius 2 is 2.11 bits per heavy atom. The van der Waals surface area contributed by atoms with Gasteiger partial charge in [-0.2, -0.15) is 0 Å². The minimum absolute atomic E-state index is 0. The summed E-state index contributed by atoms with van der Waals surface area (Å²) in [5.74, 6) is 1.58. The lowest BCUT2D eigenvalue weighted by molar-refractivity contribution is -0.130. The molecule has 1 atom stereocenters. The van der Waals surface area contributed by atoms with Gasteiger partial charge in [0, 0.05) is 52.7 Å². The van der Waals surface area contributed by atoms with Crippen LogP contribution in [0.1, 0.15) is 25.3 Å². The van der Waals surface area contributed by atoms with Crippen molar-refractivity contribution < 1.29 is 9.53 Å². The van der Waals surface area contributed by atoms with Crippen LogP contribution < -0.4 is 5.32 Å². The molecule has 27 heavy (non-hydrogen) atoms. The third kappa shape index (κ3) is 8.04. The van der Waals surface area contributed by atoms with Gasteiger partial charge >= 0.3 is 0 Å². The van der Waals surface area contributed by atoms with E-state index in [-0.39, 0.29) is 29.9 Å². The number of carbonyl (C=O) groups is 1. The molecule has 0 aliphatic carbocycles. The van der Waals surface area contributed by atoms with Crippen LogP contribution in [0.15, 0.2) is 35.3 Å². The molecule has 0 radical (unpaired) electrons. The molecule has 1 unspecified atom stereocenters. The number of guanidine groups is 1. The Hall–Kier alpha value is -1.35. The first-order valence-electron chi connectivity index (χ1n) is 9.44. The molecule has 1 aliphatic heterocycles. The molecular weight excluding hydrogens is 455 g/mol. The number of ether oxygens (including phenoxy) is 1. The largest absolute Gasteiger partial charge is 0.384 e. The number of hydrogen-bond donors (Lipinski definition) is 1. The second-order valence-corrected chi connectivity index (χ2v) is 6.78. The van der Waals surface area contributed by atoms with Crippen molar-refractivity contribution in [3.63, 3.8) is 0 Å². The highest BCUT2D eigenvalue weighted by Gasteiger charge is 2.24. The number of hydrogen-bond acceptors (Lipinski definition) is 3. The van der Waals surface area contributed by atoms with Crippen molar-refractivity contribution in [2.45, 2.75) is 26.3 Å². The summed E-state index contributed by atoms with van der Waals surface area (Å²) in [5.41, 5.74) is 1.14. The number of likely N-dealkylation sites (tertiary alicyclic amines) is 1. The topological polar surface area (TPSA) is 57.2 Å². The summed E-state index contributed by atoms with van der Waals surface area (Å²) < 4.78 is 5.26. The van der Waals surface area contributed by atoms with E-state index < -0.39 is 0 Å². The molecule has 0 bridgehead atoms. The minimum atomic E-state index is 0. The molecule has 2 rings (SSSR count). The molecule has 7 heteroatoms. The Morgan fingerprint density at radius 1 is 1.37 bits per heavy atom. The Labute approximate surface area is 180 Å². The number of aliphatic imine (C=N–C) groups is 1. The molecule has 0 aromatic heterocycles. The SMILES string of the molecule is CCNC(=NCCC(=O)N(C)Cc1ccccc1)N1CCC(COC)C1.I. The van der Waals surface area contributed by atoms with Crippen molar-refractivity contribution in [1.29, 1.82) is 0 Å². The molecule has 1 aromatic rings. The molecule has 1 fully saturated rings. The van der Waals surface area contributed by atoms with Crippen LogP contribution in [0.5, 0.6) is 0 Å². The maximum Gasteiger partial charge on any atom is 0.224 e. The second-order valence-electron chi connectivity index (χ2n) is 6.78. The van der Waals surface area contributed by atoms with Crippen LogP contribution in [0, 0.1) is 5.92 Å². The molecular formula is C20H33IN4O2. The molecule has 1 saturated heterocycles. The molecule has 1 aliphatic rings. The molecule has 1 amide bonds. The van der Waals surface area contributed by atoms with Crippen molar-refractivity contribution in [2.24, 2.45) is 10.9 Å². The predicted molar refractivity (Wildman–Crippen MR) is 120 cm³/mol. The Kier molecular flexibility index (Phi) is 11.3. The Morgan fingerprint density at radius 3 is 2.78 bits per heavy atom. The van der Waals surface area contributed by atoms with E-state index in [0.717, 1.165) is 44.2 Å². The molecule has 6 nitrogen and oxygen atoms in total. The van der Waals surface area contributed by atoms with Gasteiger partial charge < -0.3 is 19.9 Å². The van der Waals surface area contributed by atoms with Crippen molar-refractivity contribution >= 4 is 35.8 Å². The first-order valence-corrected chi connectivity index (χ1v) is 9.44. The third-order valence-corrected chi connectivity index (χ3v) is 4.60. The number of nitrogens with zero attached hydrogens (tertiary/aromatic N) is 3. The zero-order valence-electron chi connectivity index (χ0n) is 16.7. The normalized spacial score (nSPS) is 16.8. The van der Waals surface area contributed by atoms with E-state index in [1.165, 1.54) is 0 Å². The van der Waals surface area contributed by atoms with Gasteiger partial charge in [-0.1, -0.05) is 30.3 Å². The lowest BCUT2D eigenvalue weighted by Gasteiger charge is -2.22. The highest BCUT2D eigenvalue weighted by atomic mass is 127. The van der Waals surface area contributed by atoms with Crippen LogP contribution in [0.4, 0.5) is 0 Å². The van der Waals surface area contributed by atoms with Gasteiger partial charge in [0.1, 0.15) is 0 Å². The van der Waals surface area contributed by atoms with Gasteiger partial charge in [0.2, 0.25) is 5.91 Å².